The second-order valence-electron chi connectivity index (χ2n) is 1.67. The van der Waals surface area contributed by atoms with E-state index in [0.29, 0.717) is 0 Å². The Morgan fingerprint density at radius 1 is 1.45 bits per heavy atom. The van der Waals surface area contributed by atoms with Gasteiger partial charge in [0.25, 0.3) is 0 Å². The van der Waals surface area contributed by atoms with Crippen molar-refractivity contribution in [2.24, 2.45) is 0 Å². The largest absolute Gasteiger partial charge is 0.308 e. The molecule has 0 N–H and O–H groups in total. The van der Waals surface area contributed by atoms with Crippen LogP contribution in [0.15, 0.2) is 6.20 Å². The molecule has 1 heterocycles. The summed E-state index contributed by atoms with van der Waals surface area (Å²) in [5.74, 6) is 0. The highest BCUT2D eigenvalue weighted by Gasteiger charge is 2.11. The summed E-state index contributed by atoms with van der Waals surface area (Å²) in [6.07, 6.45) is 0.215. The van der Waals surface area contributed by atoms with Gasteiger partial charge in [-0.2, -0.15) is 4.39 Å². The van der Waals surface area contributed by atoms with Crippen molar-refractivity contribution >= 4 is 34.8 Å². The van der Waals surface area contributed by atoms with E-state index in [0.717, 1.165) is 6.20 Å². The molecular weight excluding hydrogens is 213 g/mol. The van der Waals surface area contributed by atoms with E-state index >= 15 is 0 Å². The number of aromatic nitrogens is 2. The van der Waals surface area contributed by atoms with Crippen molar-refractivity contribution in [3.8, 4) is 0 Å². The molecule has 0 bridgehead atoms. The predicted molar refractivity (Wildman–Crippen MR) is 41.4 cm³/mol. The van der Waals surface area contributed by atoms with Gasteiger partial charge in [-0.1, -0.05) is 34.8 Å². The lowest BCUT2D eigenvalue weighted by Crippen LogP contribution is -1.95. The fourth-order valence-electron chi connectivity index (χ4n) is 0.511. The highest BCUT2D eigenvalue weighted by molar-refractivity contribution is 6.45. The van der Waals surface area contributed by atoms with Gasteiger partial charge in [0.05, 0.1) is 16.9 Å². The van der Waals surface area contributed by atoms with Gasteiger partial charge in [-0.05, 0) is 0 Å². The van der Waals surface area contributed by atoms with E-state index in [2.05, 4.69) is 9.97 Å². The number of nitrogens with zero attached hydrogens (tertiary/aromatic N) is 2. The molecule has 1 aromatic rings. The Hall–Kier alpha value is -0.120. The summed E-state index contributed by atoms with van der Waals surface area (Å²) in [4.78, 5) is 5.56. The summed E-state index contributed by atoms with van der Waals surface area (Å²) in [7, 11) is 0. The summed E-state index contributed by atoms with van der Waals surface area (Å²) in [6, 6.07) is 0. The molecule has 0 spiro atoms. The molecule has 1 rings (SSSR count). The summed E-state index contributed by atoms with van der Waals surface area (Å²) >= 11 is 16.3. The highest BCUT2D eigenvalue weighted by Crippen LogP contribution is 2.28. The SMILES string of the molecule is Fc1ncc(Cl)c(C(Cl)Cl)n1. The van der Waals surface area contributed by atoms with Crippen LogP contribution in [0.3, 0.4) is 0 Å². The molecule has 11 heavy (non-hydrogen) atoms. The zero-order valence-corrected chi connectivity index (χ0v) is 7.33. The molecule has 0 saturated carbocycles. The Morgan fingerprint density at radius 3 is 2.55 bits per heavy atom. The lowest BCUT2D eigenvalue weighted by atomic mass is 10.4. The average molecular weight is 215 g/mol. The molecule has 60 valence electrons. The Labute approximate surface area is 77.3 Å². The van der Waals surface area contributed by atoms with Crippen LogP contribution in [0.5, 0.6) is 0 Å². The Kier molecular flexibility index (Phi) is 2.87. The van der Waals surface area contributed by atoms with Crippen molar-refractivity contribution in [3.05, 3.63) is 23.0 Å². The molecule has 0 fully saturated rings. The molecule has 0 atom stereocenters. The van der Waals surface area contributed by atoms with E-state index in [-0.39, 0.29) is 10.7 Å². The molecule has 0 unspecified atom stereocenters. The van der Waals surface area contributed by atoms with Crippen LogP contribution in [0, 0.1) is 6.08 Å². The Bertz CT molecular complexity index is 266. The van der Waals surface area contributed by atoms with Crippen molar-refractivity contribution in [2.75, 3.05) is 0 Å². The molecular formula is C5H2Cl3FN2. The first-order valence-corrected chi connectivity index (χ1v) is 3.82. The number of alkyl halides is 2. The molecule has 2 nitrogen and oxygen atoms in total. The van der Waals surface area contributed by atoms with Crippen LogP contribution < -0.4 is 0 Å². The average Bonchev–Trinajstić information content (AvgIpc) is 1.94. The fourth-order valence-corrected chi connectivity index (χ4v) is 1.16. The van der Waals surface area contributed by atoms with E-state index in [1.165, 1.54) is 0 Å². The van der Waals surface area contributed by atoms with Gasteiger partial charge < -0.3 is 0 Å². The second kappa shape index (κ2) is 3.52. The van der Waals surface area contributed by atoms with Crippen LogP contribution in [-0.4, -0.2) is 9.97 Å². The third-order valence-electron chi connectivity index (χ3n) is 0.949. The fraction of sp³-hybridized carbons (Fsp3) is 0.200. The molecule has 0 aromatic carbocycles. The van der Waals surface area contributed by atoms with E-state index in [4.69, 9.17) is 34.8 Å². The van der Waals surface area contributed by atoms with Gasteiger partial charge in [0.15, 0.2) is 4.84 Å². The molecule has 6 heteroatoms. The van der Waals surface area contributed by atoms with Crippen LogP contribution in [0.25, 0.3) is 0 Å². The monoisotopic (exact) mass is 214 g/mol. The van der Waals surface area contributed by atoms with E-state index in [1.54, 1.807) is 0 Å². The van der Waals surface area contributed by atoms with Crippen LogP contribution in [0.1, 0.15) is 10.5 Å². The summed E-state index contributed by atoms with van der Waals surface area (Å²) in [5.41, 5.74) is 0.0856. The molecule has 0 saturated heterocycles. The molecule has 0 aliphatic heterocycles. The van der Waals surface area contributed by atoms with E-state index in [9.17, 15) is 4.39 Å². The zero-order valence-electron chi connectivity index (χ0n) is 5.06. The topological polar surface area (TPSA) is 25.8 Å². The lowest BCUT2D eigenvalue weighted by Gasteiger charge is -2.00. The third kappa shape index (κ3) is 2.15. The van der Waals surface area contributed by atoms with Gasteiger partial charge in [-0.25, -0.2) is 9.97 Å². The smallest absolute Gasteiger partial charge is 0.209 e. The van der Waals surface area contributed by atoms with Gasteiger partial charge >= 0.3 is 6.08 Å². The van der Waals surface area contributed by atoms with Crippen LogP contribution >= 0.6 is 34.8 Å². The predicted octanol–water partition coefficient (Wildman–Crippen LogP) is 2.75. The van der Waals surface area contributed by atoms with Gasteiger partial charge in [0.2, 0.25) is 0 Å². The van der Waals surface area contributed by atoms with Crippen molar-refractivity contribution in [3.63, 3.8) is 0 Å². The number of hydrogen-bond donors (Lipinski definition) is 0. The minimum atomic E-state index is -0.931. The van der Waals surface area contributed by atoms with Gasteiger partial charge in [0.1, 0.15) is 0 Å². The van der Waals surface area contributed by atoms with Gasteiger partial charge in [0, 0.05) is 0 Å². The lowest BCUT2D eigenvalue weighted by molar-refractivity contribution is 0.534. The van der Waals surface area contributed by atoms with Gasteiger partial charge in [-0.3, -0.25) is 0 Å². The Morgan fingerprint density at radius 2 is 2.09 bits per heavy atom. The molecule has 0 aliphatic carbocycles. The van der Waals surface area contributed by atoms with E-state index < -0.39 is 10.9 Å². The maximum absolute atomic E-state index is 12.3. The molecule has 1 aromatic heterocycles. The first-order chi connectivity index (χ1) is 5.11. The van der Waals surface area contributed by atoms with Gasteiger partial charge in [-0.15, -0.1) is 0 Å². The van der Waals surface area contributed by atoms with Crippen molar-refractivity contribution < 1.29 is 4.39 Å². The highest BCUT2D eigenvalue weighted by atomic mass is 35.5. The minimum absolute atomic E-state index is 0.0856. The van der Waals surface area contributed by atoms with Crippen LogP contribution in [0.4, 0.5) is 4.39 Å². The van der Waals surface area contributed by atoms with E-state index in [1.807, 2.05) is 0 Å². The quantitative estimate of drug-likeness (QED) is 0.532. The number of halogens is 4. The van der Waals surface area contributed by atoms with Crippen LogP contribution in [0.2, 0.25) is 5.02 Å². The van der Waals surface area contributed by atoms with Crippen molar-refractivity contribution in [2.45, 2.75) is 4.84 Å². The maximum Gasteiger partial charge on any atom is 0.308 e. The number of rotatable bonds is 1. The maximum atomic E-state index is 12.3. The first kappa shape index (κ1) is 8.97. The summed E-state index contributed by atoms with van der Waals surface area (Å²) < 4.78 is 12.3. The standard InChI is InChI=1S/C5H2Cl3FN2/c6-2-1-10-5(9)11-3(2)4(7)8/h1,4H. The minimum Gasteiger partial charge on any atom is -0.209 e. The Balaban J connectivity index is 3.13. The third-order valence-corrected chi connectivity index (χ3v) is 1.65. The summed E-state index contributed by atoms with van der Waals surface area (Å²) in [6.45, 7) is 0. The zero-order chi connectivity index (χ0) is 8.43. The molecule has 0 amide bonds. The molecule has 0 aliphatic rings. The van der Waals surface area contributed by atoms with Crippen LogP contribution in [-0.2, 0) is 0 Å². The second-order valence-corrected chi connectivity index (χ2v) is 3.18. The summed E-state index contributed by atoms with van der Waals surface area (Å²) in [5, 5.41) is 0.154. The van der Waals surface area contributed by atoms with Crippen molar-refractivity contribution in [1.29, 1.82) is 0 Å². The molecule has 0 radical (unpaired) electrons. The normalized spacial score (nSPS) is 10.6. The van der Waals surface area contributed by atoms with Crippen molar-refractivity contribution in [1.82, 2.24) is 9.97 Å². The number of hydrogen-bond acceptors (Lipinski definition) is 2. The first-order valence-electron chi connectivity index (χ1n) is 2.57.